The summed E-state index contributed by atoms with van der Waals surface area (Å²) in [6.45, 7) is 0. The van der Waals surface area contributed by atoms with Gasteiger partial charge < -0.3 is 14.6 Å². The van der Waals surface area contributed by atoms with Gasteiger partial charge in [-0.15, -0.1) is 11.8 Å². The number of carboxylic acids is 1. The van der Waals surface area contributed by atoms with E-state index in [1.807, 2.05) is 18.2 Å². The molecule has 0 saturated heterocycles. The van der Waals surface area contributed by atoms with Crippen LogP contribution in [0.3, 0.4) is 0 Å². The topological polar surface area (TPSA) is 70.7 Å². The number of unbranched alkanes of at least 4 members (excludes halogenated alkanes) is 3. The lowest BCUT2D eigenvalue weighted by Gasteiger charge is -2.19. The van der Waals surface area contributed by atoms with E-state index >= 15 is 0 Å². The van der Waals surface area contributed by atoms with Crippen molar-refractivity contribution < 1.29 is 19.4 Å². The van der Waals surface area contributed by atoms with E-state index in [1.165, 1.54) is 18.4 Å². The first-order chi connectivity index (χ1) is 14.1. The van der Waals surface area contributed by atoms with E-state index in [0.29, 0.717) is 18.6 Å². The van der Waals surface area contributed by atoms with Gasteiger partial charge in [-0.1, -0.05) is 48.9 Å². The average molecular weight is 417 g/mol. The lowest BCUT2D eigenvalue weighted by Crippen LogP contribution is -2.21. The van der Waals surface area contributed by atoms with Gasteiger partial charge in [0.05, 0.1) is 18.1 Å². The Morgan fingerprint density at radius 2 is 1.90 bits per heavy atom. The van der Waals surface area contributed by atoms with Crippen LogP contribution in [0, 0.1) is 0 Å². The number of aliphatic hydroxyl groups is 1. The molecule has 5 heteroatoms. The third kappa shape index (κ3) is 10.4. The summed E-state index contributed by atoms with van der Waals surface area (Å²) in [4.78, 5) is 10.7. The third-order valence-electron chi connectivity index (χ3n) is 4.77. The molecule has 0 aliphatic carbocycles. The van der Waals surface area contributed by atoms with E-state index in [2.05, 4.69) is 36.4 Å². The number of aryl methyl sites for hydroxylation is 1. The van der Waals surface area contributed by atoms with Crippen molar-refractivity contribution in [1.29, 1.82) is 0 Å². The summed E-state index contributed by atoms with van der Waals surface area (Å²) in [6.07, 6.45) is 12.0. The normalized spacial score (nSPS) is 13.6. The molecule has 4 nitrogen and oxygen atoms in total. The minimum Gasteiger partial charge on any atom is -0.481 e. The number of allylic oxidation sites excluding steroid dienone is 1. The van der Waals surface area contributed by atoms with Crippen LogP contribution in [0.4, 0.5) is 0 Å². The van der Waals surface area contributed by atoms with Gasteiger partial charge in [0.1, 0.15) is 5.76 Å². The van der Waals surface area contributed by atoms with Crippen molar-refractivity contribution in [2.75, 3.05) is 0 Å². The molecule has 1 aromatic carbocycles. The second kappa shape index (κ2) is 14.1. The standard InChI is InChI=1S/C24H32O4S/c25-22(15-9-17-24(26)27)23(29-19-21-14-10-18-28-21)16-8-3-1-2-5-11-20-12-6-4-7-13-20/h4,6-8,10,12-14,16,18,22-23,25H,1-3,5,9,11,15,17,19H2,(H,26,27)/b16-8-. The summed E-state index contributed by atoms with van der Waals surface area (Å²) in [6, 6.07) is 14.3. The average Bonchev–Trinajstić information content (AvgIpc) is 3.23. The highest BCUT2D eigenvalue weighted by Crippen LogP contribution is 2.25. The van der Waals surface area contributed by atoms with Crippen molar-refractivity contribution in [3.63, 3.8) is 0 Å². The first-order valence-corrected chi connectivity index (χ1v) is 11.4. The number of carbonyl (C=O) groups is 1. The number of hydrogen-bond donors (Lipinski definition) is 2. The highest BCUT2D eigenvalue weighted by Gasteiger charge is 2.18. The molecule has 1 heterocycles. The Hall–Kier alpha value is -1.98. The molecule has 0 radical (unpaired) electrons. The number of furan rings is 1. The molecule has 29 heavy (non-hydrogen) atoms. The van der Waals surface area contributed by atoms with E-state index in [0.717, 1.165) is 25.0 Å². The highest BCUT2D eigenvalue weighted by atomic mass is 32.2. The summed E-state index contributed by atoms with van der Waals surface area (Å²) in [5.74, 6) is 0.754. The molecule has 0 fully saturated rings. The van der Waals surface area contributed by atoms with Crippen LogP contribution in [0.1, 0.15) is 56.3 Å². The first-order valence-electron chi connectivity index (χ1n) is 10.4. The van der Waals surface area contributed by atoms with Crippen LogP contribution in [-0.4, -0.2) is 27.5 Å². The van der Waals surface area contributed by atoms with Crippen molar-refractivity contribution in [3.05, 3.63) is 72.2 Å². The Balaban J connectivity index is 1.71. The van der Waals surface area contributed by atoms with Crippen molar-refractivity contribution in [1.82, 2.24) is 0 Å². The van der Waals surface area contributed by atoms with Crippen LogP contribution in [0.25, 0.3) is 0 Å². The molecule has 0 spiro atoms. The maximum atomic E-state index is 10.7. The third-order valence-corrected chi connectivity index (χ3v) is 6.08. The molecule has 0 aliphatic rings. The van der Waals surface area contributed by atoms with Crippen molar-refractivity contribution in [3.8, 4) is 0 Å². The van der Waals surface area contributed by atoms with Crippen LogP contribution in [0.5, 0.6) is 0 Å². The van der Waals surface area contributed by atoms with Crippen LogP contribution >= 0.6 is 11.8 Å². The number of aliphatic carboxylic acids is 1. The lowest BCUT2D eigenvalue weighted by molar-refractivity contribution is -0.137. The largest absolute Gasteiger partial charge is 0.481 e. The van der Waals surface area contributed by atoms with Crippen LogP contribution in [-0.2, 0) is 17.0 Å². The van der Waals surface area contributed by atoms with Crippen molar-refractivity contribution in [2.45, 2.75) is 68.5 Å². The maximum Gasteiger partial charge on any atom is 0.303 e. The van der Waals surface area contributed by atoms with Gasteiger partial charge in [0.15, 0.2) is 0 Å². The number of hydrogen-bond acceptors (Lipinski definition) is 4. The fourth-order valence-electron chi connectivity index (χ4n) is 3.14. The summed E-state index contributed by atoms with van der Waals surface area (Å²) in [5, 5.41) is 19.3. The highest BCUT2D eigenvalue weighted by molar-refractivity contribution is 7.99. The van der Waals surface area contributed by atoms with E-state index in [1.54, 1.807) is 18.0 Å². The molecule has 2 aromatic rings. The van der Waals surface area contributed by atoms with Crippen molar-refractivity contribution >= 4 is 17.7 Å². The molecule has 2 unspecified atom stereocenters. The molecule has 2 rings (SSSR count). The minimum absolute atomic E-state index is 0.0572. The Morgan fingerprint density at radius 1 is 1.07 bits per heavy atom. The molecule has 0 saturated carbocycles. The molecule has 0 aliphatic heterocycles. The second-order valence-electron chi connectivity index (χ2n) is 7.22. The zero-order valence-electron chi connectivity index (χ0n) is 16.9. The van der Waals surface area contributed by atoms with E-state index < -0.39 is 12.1 Å². The smallest absolute Gasteiger partial charge is 0.303 e. The van der Waals surface area contributed by atoms with Gasteiger partial charge in [-0.25, -0.2) is 0 Å². The van der Waals surface area contributed by atoms with Gasteiger partial charge in [-0.3, -0.25) is 4.79 Å². The summed E-state index contributed by atoms with van der Waals surface area (Å²) < 4.78 is 5.38. The predicted molar refractivity (Wildman–Crippen MR) is 119 cm³/mol. The number of carboxylic acid groups (broad SMARTS) is 1. The van der Waals surface area contributed by atoms with Gasteiger partial charge in [-0.2, -0.15) is 0 Å². The van der Waals surface area contributed by atoms with Gasteiger partial charge in [0.25, 0.3) is 0 Å². The molecule has 0 bridgehead atoms. The predicted octanol–water partition coefficient (Wildman–Crippen LogP) is 5.86. The fourth-order valence-corrected chi connectivity index (χ4v) is 4.24. The molecule has 2 N–H and O–H groups in total. The quantitative estimate of drug-likeness (QED) is 0.281. The Morgan fingerprint density at radius 3 is 2.62 bits per heavy atom. The first kappa shape index (κ1) is 23.3. The number of rotatable bonds is 15. The zero-order valence-corrected chi connectivity index (χ0v) is 17.7. The van der Waals surface area contributed by atoms with Crippen molar-refractivity contribution in [2.24, 2.45) is 0 Å². The Labute approximate surface area is 178 Å². The van der Waals surface area contributed by atoms with Crippen LogP contribution in [0.15, 0.2) is 65.3 Å². The molecule has 1 aromatic heterocycles. The van der Waals surface area contributed by atoms with Crippen LogP contribution < -0.4 is 0 Å². The maximum absolute atomic E-state index is 10.7. The molecular weight excluding hydrogens is 384 g/mol. The Bertz CT molecular complexity index is 697. The number of thioether (sulfide) groups is 1. The molecule has 158 valence electrons. The van der Waals surface area contributed by atoms with Gasteiger partial charge >= 0.3 is 5.97 Å². The molecule has 2 atom stereocenters. The lowest BCUT2D eigenvalue weighted by atomic mass is 10.1. The number of benzene rings is 1. The Kier molecular flexibility index (Phi) is 11.3. The second-order valence-corrected chi connectivity index (χ2v) is 8.39. The minimum atomic E-state index is -0.817. The van der Waals surface area contributed by atoms with E-state index in [9.17, 15) is 9.90 Å². The summed E-state index contributed by atoms with van der Waals surface area (Å²) >= 11 is 1.63. The van der Waals surface area contributed by atoms with Gasteiger partial charge in [0.2, 0.25) is 0 Å². The van der Waals surface area contributed by atoms with E-state index in [4.69, 9.17) is 9.52 Å². The summed E-state index contributed by atoms with van der Waals surface area (Å²) in [5.41, 5.74) is 1.39. The van der Waals surface area contributed by atoms with Gasteiger partial charge in [0, 0.05) is 11.7 Å². The SMILES string of the molecule is O=C(O)CCCC(O)C(/C=C\CCCCCc1ccccc1)SCc1ccco1. The molecule has 0 amide bonds. The summed E-state index contributed by atoms with van der Waals surface area (Å²) in [7, 11) is 0. The van der Waals surface area contributed by atoms with Crippen LogP contribution in [0.2, 0.25) is 0 Å². The van der Waals surface area contributed by atoms with E-state index in [-0.39, 0.29) is 11.7 Å². The zero-order chi connectivity index (χ0) is 20.7. The number of aliphatic hydroxyl groups excluding tert-OH is 1. The molecular formula is C24H32O4S. The monoisotopic (exact) mass is 416 g/mol. The fraction of sp³-hybridized carbons (Fsp3) is 0.458. The van der Waals surface area contributed by atoms with Gasteiger partial charge in [-0.05, 0) is 56.2 Å².